The van der Waals surface area contributed by atoms with Crippen molar-refractivity contribution in [2.75, 3.05) is 24.7 Å². The van der Waals surface area contributed by atoms with E-state index in [0.29, 0.717) is 52.4 Å². The van der Waals surface area contributed by atoms with Crippen molar-refractivity contribution in [1.82, 2.24) is 10.2 Å². The number of hydrogen-bond donors (Lipinski definition) is 2. The summed E-state index contributed by atoms with van der Waals surface area (Å²) < 4.78 is 5.41. The SMILES string of the molecule is COc1ccccc1/C=C(\NC(=O)c1ccccc1)C(=O)Nc1ccc(SCCCN2C(=O)c3ccccc3C2=O)cc1. The number of para-hydroxylation sites is 1. The quantitative estimate of drug-likeness (QED) is 0.0977. The second kappa shape index (κ2) is 13.7. The van der Waals surface area contributed by atoms with Crippen LogP contribution in [0.5, 0.6) is 5.75 Å². The van der Waals surface area contributed by atoms with Gasteiger partial charge in [0.15, 0.2) is 0 Å². The molecule has 0 aliphatic carbocycles. The summed E-state index contributed by atoms with van der Waals surface area (Å²) >= 11 is 1.59. The molecule has 0 radical (unpaired) electrons. The van der Waals surface area contributed by atoms with Gasteiger partial charge in [0, 0.05) is 28.3 Å². The van der Waals surface area contributed by atoms with Gasteiger partial charge in [0.1, 0.15) is 11.4 Å². The molecule has 4 aromatic rings. The fourth-order valence-corrected chi connectivity index (χ4v) is 5.41. The van der Waals surface area contributed by atoms with Gasteiger partial charge in [0.25, 0.3) is 23.6 Å². The van der Waals surface area contributed by atoms with Gasteiger partial charge >= 0.3 is 0 Å². The number of anilines is 1. The number of hydrogen-bond acceptors (Lipinski definition) is 6. The molecule has 0 saturated carbocycles. The van der Waals surface area contributed by atoms with Crippen molar-refractivity contribution in [3.05, 3.63) is 131 Å². The van der Waals surface area contributed by atoms with Gasteiger partial charge in [0.2, 0.25) is 0 Å². The molecule has 0 bridgehead atoms. The number of nitrogens with one attached hydrogen (secondary N) is 2. The number of nitrogens with zero attached hydrogens (tertiary/aromatic N) is 1. The van der Waals surface area contributed by atoms with Crippen molar-refractivity contribution in [2.24, 2.45) is 0 Å². The van der Waals surface area contributed by atoms with Crippen molar-refractivity contribution in [1.29, 1.82) is 0 Å². The molecule has 0 aromatic heterocycles. The van der Waals surface area contributed by atoms with Crippen LogP contribution in [0.15, 0.2) is 114 Å². The third-order valence-electron chi connectivity index (χ3n) is 6.75. The minimum Gasteiger partial charge on any atom is -0.496 e. The van der Waals surface area contributed by atoms with Crippen LogP contribution in [0, 0.1) is 0 Å². The van der Waals surface area contributed by atoms with Crippen LogP contribution in [0.1, 0.15) is 43.1 Å². The molecule has 43 heavy (non-hydrogen) atoms. The van der Waals surface area contributed by atoms with Gasteiger partial charge in [-0.15, -0.1) is 11.8 Å². The van der Waals surface area contributed by atoms with Crippen LogP contribution >= 0.6 is 11.8 Å². The second-order valence-corrected chi connectivity index (χ2v) is 10.8. The first-order chi connectivity index (χ1) is 20.9. The maximum Gasteiger partial charge on any atom is 0.272 e. The highest BCUT2D eigenvalue weighted by atomic mass is 32.2. The first kappa shape index (κ1) is 29.3. The van der Waals surface area contributed by atoms with Crippen molar-refractivity contribution >= 4 is 47.2 Å². The summed E-state index contributed by atoms with van der Waals surface area (Å²) in [6.07, 6.45) is 2.22. The Kier molecular flexibility index (Phi) is 9.33. The Hall–Kier alpha value is -5.15. The van der Waals surface area contributed by atoms with E-state index in [1.54, 1.807) is 97.7 Å². The summed E-state index contributed by atoms with van der Waals surface area (Å²) in [6, 6.07) is 30.1. The summed E-state index contributed by atoms with van der Waals surface area (Å²) in [6.45, 7) is 0.351. The molecule has 2 N–H and O–H groups in total. The molecule has 4 amide bonds. The van der Waals surface area contributed by atoms with Gasteiger partial charge in [0.05, 0.1) is 18.2 Å². The van der Waals surface area contributed by atoms with Crippen LogP contribution in [0.4, 0.5) is 5.69 Å². The maximum atomic E-state index is 13.3. The van der Waals surface area contributed by atoms with Crippen LogP contribution in [0.3, 0.4) is 0 Å². The van der Waals surface area contributed by atoms with E-state index in [9.17, 15) is 19.2 Å². The minimum atomic E-state index is -0.489. The molecular weight excluding hydrogens is 562 g/mol. The number of fused-ring (bicyclic) bond motifs is 1. The number of rotatable bonds is 11. The van der Waals surface area contributed by atoms with Crippen molar-refractivity contribution in [2.45, 2.75) is 11.3 Å². The third-order valence-corrected chi connectivity index (χ3v) is 7.85. The first-order valence-corrected chi connectivity index (χ1v) is 14.6. The lowest BCUT2D eigenvalue weighted by atomic mass is 10.1. The Morgan fingerprint density at radius 1 is 0.814 bits per heavy atom. The molecule has 1 aliphatic rings. The molecule has 0 spiro atoms. The standard InChI is InChI=1S/C34H29N3O5S/c1-42-30-15-8-5-12-24(30)22-29(36-31(38)23-10-3-2-4-11-23)32(39)35-25-16-18-26(19-17-25)43-21-9-20-37-33(40)27-13-6-7-14-28(27)34(37)41/h2-8,10-19,22H,9,20-21H2,1H3,(H,35,39)(H,36,38)/b29-22-. The lowest BCUT2D eigenvalue weighted by Gasteiger charge is -2.14. The number of benzene rings is 4. The Morgan fingerprint density at radius 2 is 1.44 bits per heavy atom. The highest BCUT2D eigenvalue weighted by Gasteiger charge is 2.34. The molecular formula is C34H29N3O5S. The summed E-state index contributed by atoms with van der Waals surface area (Å²) in [5.41, 5.74) is 2.59. The zero-order valence-corrected chi connectivity index (χ0v) is 24.2. The van der Waals surface area contributed by atoms with Gasteiger partial charge < -0.3 is 15.4 Å². The highest BCUT2D eigenvalue weighted by Crippen LogP contribution is 2.25. The monoisotopic (exact) mass is 591 g/mol. The van der Waals surface area contributed by atoms with E-state index in [1.807, 2.05) is 30.3 Å². The predicted octanol–water partition coefficient (Wildman–Crippen LogP) is 5.88. The average molecular weight is 592 g/mol. The van der Waals surface area contributed by atoms with Gasteiger partial charge in [-0.05, 0) is 72.8 Å². The van der Waals surface area contributed by atoms with E-state index in [1.165, 1.54) is 4.90 Å². The number of imide groups is 1. The maximum absolute atomic E-state index is 13.3. The van der Waals surface area contributed by atoms with E-state index < -0.39 is 11.8 Å². The first-order valence-electron chi connectivity index (χ1n) is 13.6. The fourth-order valence-electron chi connectivity index (χ4n) is 4.57. The van der Waals surface area contributed by atoms with Crippen molar-refractivity contribution < 1.29 is 23.9 Å². The zero-order valence-electron chi connectivity index (χ0n) is 23.4. The largest absolute Gasteiger partial charge is 0.496 e. The van der Waals surface area contributed by atoms with E-state index in [-0.39, 0.29) is 17.5 Å². The summed E-state index contributed by atoms with van der Waals surface area (Å²) in [7, 11) is 1.54. The van der Waals surface area contributed by atoms with Gasteiger partial charge in [-0.2, -0.15) is 0 Å². The van der Waals surface area contributed by atoms with Crippen LogP contribution < -0.4 is 15.4 Å². The summed E-state index contributed by atoms with van der Waals surface area (Å²) in [5.74, 6) is -0.127. The minimum absolute atomic E-state index is 0.0602. The zero-order chi connectivity index (χ0) is 30.2. The molecule has 1 aliphatic heterocycles. The number of ether oxygens (including phenoxy) is 1. The molecule has 9 heteroatoms. The molecule has 0 atom stereocenters. The van der Waals surface area contributed by atoms with Gasteiger partial charge in [-0.1, -0.05) is 48.5 Å². The second-order valence-electron chi connectivity index (χ2n) is 9.61. The normalized spacial score (nSPS) is 12.6. The van der Waals surface area contributed by atoms with Gasteiger partial charge in [-0.25, -0.2) is 0 Å². The number of methoxy groups -OCH3 is 1. The van der Waals surface area contributed by atoms with Crippen molar-refractivity contribution in [3.8, 4) is 5.75 Å². The number of amides is 4. The third kappa shape index (κ3) is 7.02. The average Bonchev–Trinajstić information content (AvgIpc) is 3.29. The number of carbonyl (C=O) groups excluding carboxylic acids is 4. The van der Waals surface area contributed by atoms with E-state index in [4.69, 9.17) is 4.74 Å². The Labute approximate surface area is 253 Å². The Morgan fingerprint density at radius 3 is 2.12 bits per heavy atom. The fraction of sp³-hybridized carbons (Fsp3) is 0.118. The lowest BCUT2D eigenvalue weighted by molar-refractivity contribution is -0.113. The van der Waals surface area contributed by atoms with Crippen LogP contribution in [0.2, 0.25) is 0 Å². The molecule has 4 aromatic carbocycles. The molecule has 0 saturated heterocycles. The number of thioether (sulfide) groups is 1. The molecule has 0 fully saturated rings. The smallest absolute Gasteiger partial charge is 0.272 e. The van der Waals surface area contributed by atoms with E-state index in [0.717, 1.165) is 4.90 Å². The molecule has 5 rings (SSSR count). The summed E-state index contributed by atoms with van der Waals surface area (Å²) in [4.78, 5) is 53.6. The van der Waals surface area contributed by atoms with Crippen LogP contribution in [0.25, 0.3) is 6.08 Å². The molecule has 216 valence electrons. The highest BCUT2D eigenvalue weighted by molar-refractivity contribution is 7.99. The van der Waals surface area contributed by atoms with Crippen LogP contribution in [-0.2, 0) is 4.79 Å². The van der Waals surface area contributed by atoms with E-state index >= 15 is 0 Å². The summed E-state index contributed by atoms with van der Waals surface area (Å²) in [5, 5.41) is 5.59. The van der Waals surface area contributed by atoms with Gasteiger partial charge in [-0.3, -0.25) is 24.1 Å². The lowest BCUT2D eigenvalue weighted by Crippen LogP contribution is -2.31. The predicted molar refractivity (Wildman–Crippen MR) is 167 cm³/mol. The molecule has 8 nitrogen and oxygen atoms in total. The molecule has 0 unspecified atom stereocenters. The Bertz CT molecular complexity index is 1650. The molecule has 1 heterocycles. The van der Waals surface area contributed by atoms with Crippen LogP contribution in [-0.4, -0.2) is 47.9 Å². The number of carbonyl (C=O) groups is 4. The van der Waals surface area contributed by atoms with Crippen molar-refractivity contribution in [3.63, 3.8) is 0 Å². The van der Waals surface area contributed by atoms with E-state index in [2.05, 4.69) is 10.6 Å². The Balaban J connectivity index is 1.20. The topological polar surface area (TPSA) is 105 Å².